The normalized spacial score (nSPS) is 26.4. The Morgan fingerprint density at radius 2 is 1.79 bits per heavy atom. The summed E-state index contributed by atoms with van der Waals surface area (Å²) in [6.07, 6.45) is 3.25. The number of piperidine rings is 2. The number of amides is 3. The van der Waals surface area contributed by atoms with Gasteiger partial charge in [0.2, 0.25) is 11.8 Å². The van der Waals surface area contributed by atoms with Gasteiger partial charge >= 0.3 is 0 Å². The van der Waals surface area contributed by atoms with Gasteiger partial charge in [0, 0.05) is 25.1 Å². The van der Waals surface area contributed by atoms with Crippen molar-refractivity contribution in [3.05, 3.63) is 34.9 Å². The van der Waals surface area contributed by atoms with Crippen molar-refractivity contribution in [2.75, 3.05) is 26.2 Å². The SMILES string of the molecule is O=C1CCC(N2Cc3cc(CN4CCC(C5CNC5)CC4)ccc3C2=O)C(=O)N1. The van der Waals surface area contributed by atoms with Gasteiger partial charge in [-0.25, -0.2) is 0 Å². The number of nitrogens with zero attached hydrogens (tertiary/aromatic N) is 2. The maximum atomic E-state index is 12.8. The van der Waals surface area contributed by atoms with Crippen molar-refractivity contribution in [3.8, 4) is 0 Å². The summed E-state index contributed by atoms with van der Waals surface area (Å²) in [6, 6.07) is 5.54. The number of hydrogen-bond acceptors (Lipinski definition) is 5. The fourth-order valence-corrected chi connectivity index (χ4v) is 5.21. The van der Waals surface area contributed by atoms with E-state index in [9.17, 15) is 14.4 Å². The second-order valence-corrected chi connectivity index (χ2v) is 8.92. The fraction of sp³-hybridized carbons (Fsp3) is 0.591. The standard InChI is InChI=1S/C22H28N4O3/c27-20-4-3-19(21(28)24-20)26-13-16-9-14(1-2-18(16)22(26)29)12-25-7-5-15(6-8-25)17-10-23-11-17/h1-2,9,15,17,19,23H,3-8,10-13H2,(H,24,27,28). The quantitative estimate of drug-likeness (QED) is 0.739. The van der Waals surface area contributed by atoms with Crippen LogP contribution in [0.3, 0.4) is 0 Å². The van der Waals surface area contributed by atoms with Crippen LogP contribution in [0.4, 0.5) is 0 Å². The first-order valence-corrected chi connectivity index (χ1v) is 10.8. The van der Waals surface area contributed by atoms with Crippen molar-refractivity contribution in [2.45, 2.75) is 44.8 Å². The van der Waals surface area contributed by atoms with Crippen molar-refractivity contribution in [1.29, 1.82) is 0 Å². The number of carbonyl (C=O) groups excluding carboxylic acids is 3. The van der Waals surface area contributed by atoms with Crippen LogP contribution in [0.15, 0.2) is 18.2 Å². The zero-order valence-electron chi connectivity index (χ0n) is 16.7. The number of likely N-dealkylation sites (tertiary alicyclic amines) is 1. The predicted molar refractivity (Wildman–Crippen MR) is 107 cm³/mol. The molecule has 1 aromatic carbocycles. The Hall–Kier alpha value is -2.25. The lowest BCUT2D eigenvalue weighted by Gasteiger charge is -2.40. The maximum absolute atomic E-state index is 12.8. The molecule has 1 atom stereocenters. The van der Waals surface area contributed by atoms with E-state index in [0.717, 1.165) is 37.0 Å². The topological polar surface area (TPSA) is 81.8 Å². The Balaban J connectivity index is 1.22. The summed E-state index contributed by atoms with van der Waals surface area (Å²) in [5.74, 6) is 1.03. The lowest BCUT2D eigenvalue weighted by molar-refractivity contribution is -0.136. The number of benzene rings is 1. The first-order valence-electron chi connectivity index (χ1n) is 10.8. The van der Waals surface area contributed by atoms with Gasteiger partial charge in [-0.1, -0.05) is 12.1 Å². The third-order valence-corrected chi connectivity index (χ3v) is 7.11. The van der Waals surface area contributed by atoms with Crippen LogP contribution >= 0.6 is 0 Å². The molecular formula is C22H28N4O3. The third-order valence-electron chi connectivity index (χ3n) is 7.11. The molecule has 3 saturated heterocycles. The number of imide groups is 1. The van der Waals surface area contributed by atoms with Crippen LogP contribution in [0.5, 0.6) is 0 Å². The van der Waals surface area contributed by atoms with E-state index < -0.39 is 6.04 Å². The molecule has 3 amide bonds. The highest BCUT2D eigenvalue weighted by atomic mass is 16.2. The van der Waals surface area contributed by atoms with E-state index in [-0.39, 0.29) is 24.1 Å². The lowest BCUT2D eigenvalue weighted by Crippen LogP contribution is -2.52. The highest BCUT2D eigenvalue weighted by Crippen LogP contribution is 2.30. The second-order valence-electron chi connectivity index (χ2n) is 8.92. The number of nitrogens with one attached hydrogen (secondary N) is 2. The van der Waals surface area contributed by atoms with Crippen molar-refractivity contribution in [2.24, 2.45) is 11.8 Å². The molecule has 5 rings (SSSR count). The summed E-state index contributed by atoms with van der Waals surface area (Å²) in [7, 11) is 0. The van der Waals surface area contributed by atoms with Gasteiger partial charge in [0.1, 0.15) is 6.04 Å². The molecule has 154 valence electrons. The molecule has 4 aliphatic heterocycles. The van der Waals surface area contributed by atoms with Gasteiger partial charge in [-0.2, -0.15) is 0 Å². The summed E-state index contributed by atoms with van der Waals surface area (Å²) >= 11 is 0. The van der Waals surface area contributed by atoms with E-state index in [1.54, 1.807) is 4.90 Å². The highest BCUT2D eigenvalue weighted by molar-refractivity contribution is 6.05. The minimum Gasteiger partial charge on any atom is -0.322 e. The molecule has 0 spiro atoms. The lowest BCUT2D eigenvalue weighted by atomic mass is 9.81. The van der Waals surface area contributed by atoms with Crippen molar-refractivity contribution < 1.29 is 14.4 Å². The second kappa shape index (κ2) is 7.54. The molecule has 0 radical (unpaired) electrons. The third kappa shape index (κ3) is 3.57. The van der Waals surface area contributed by atoms with Crippen LogP contribution in [0.25, 0.3) is 0 Å². The van der Waals surface area contributed by atoms with E-state index in [4.69, 9.17) is 0 Å². The molecule has 1 aromatic rings. The van der Waals surface area contributed by atoms with Gasteiger partial charge in [0.15, 0.2) is 0 Å². The molecule has 4 aliphatic rings. The molecule has 2 N–H and O–H groups in total. The molecule has 0 aromatic heterocycles. The molecular weight excluding hydrogens is 368 g/mol. The van der Waals surface area contributed by atoms with E-state index in [0.29, 0.717) is 18.5 Å². The summed E-state index contributed by atoms with van der Waals surface area (Å²) in [6.45, 7) is 6.01. The van der Waals surface area contributed by atoms with Gasteiger partial charge in [0.25, 0.3) is 5.91 Å². The minimum atomic E-state index is -0.545. The largest absolute Gasteiger partial charge is 0.322 e. The number of rotatable bonds is 4. The molecule has 29 heavy (non-hydrogen) atoms. The van der Waals surface area contributed by atoms with Crippen molar-refractivity contribution >= 4 is 17.7 Å². The highest BCUT2D eigenvalue weighted by Gasteiger charge is 2.39. The average molecular weight is 396 g/mol. The molecule has 1 unspecified atom stereocenters. The Morgan fingerprint density at radius 1 is 1.00 bits per heavy atom. The minimum absolute atomic E-state index is 0.101. The van der Waals surface area contributed by atoms with E-state index in [2.05, 4.69) is 21.6 Å². The van der Waals surface area contributed by atoms with Crippen LogP contribution in [0.1, 0.15) is 47.2 Å². The van der Waals surface area contributed by atoms with E-state index in [1.165, 1.54) is 31.5 Å². The summed E-state index contributed by atoms with van der Waals surface area (Å²) in [4.78, 5) is 40.5. The first-order chi connectivity index (χ1) is 14.1. The average Bonchev–Trinajstić information content (AvgIpc) is 2.98. The maximum Gasteiger partial charge on any atom is 0.255 e. The Morgan fingerprint density at radius 3 is 2.48 bits per heavy atom. The van der Waals surface area contributed by atoms with Crippen LogP contribution < -0.4 is 10.6 Å². The predicted octanol–water partition coefficient (Wildman–Crippen LogP) is 0.879. The van der Waals surface area contributed by atoms with Gasteiger partial charge in [-0.15, -0.1) is 0 Å². The van der Waals surface area contributed by atoms with Crippen LogP contribution in [-0.4, -0.2) is 59.7 Å². The smallest absolute Gasteiger partial charge is 0.255 e. The number of carbonyl (C=O) groups is 3. The Kier molecular flexibility index (Phi) is 4.87. The molecule has 0 aliphatic carbocycles. The molecule has 7 nitrogen and oxygen atoms in total. The monoisotopic (exact) mass is 396 g/mol. The molecule has 7 heteroatoms. The number of fused-ring (bicyclic) bond motifs is 1. The summed E-state index contributed by atoms with van der Waals surface area (Å²) < 4.78 is 0. The molecule has 4 heterocycles. The van der Waals surface area contributed by atoms with Crippen LogP contribution in [-0.2, 0) is 22.7 Å². The number of hydrogen-bond donors (Lipinski definition) is 2. The zero-order valence-corrected chi connectivity index (χ0v) is 16.7. The zero-order chi connectivity index (χ0) is 20.0. The van der Waals surface area contributed by atoms with Gasteiger partial charge in [-0.05, 0) is 74.5 Å². The van der Waals surface area contributed by atoms with Crippen LogP contribution in [0, 0.1) is 11.8 Å². The van der Waals surface area contributed by atoms with Gasteiger partial charge < -0.3 is 10.2 Å². The van der Waals surface area contributed by atoms with E-state index >= 15 is 0 Å². The van der Waals surface area contributed by atoms with Crippen molar-refractivity contribution in [1.82, 2.24) is 20.4 Å². The Bertz CT molecular complexity index is 842. The molecule has 3 fully saturated rings. The van der Waals surface area contributed by atoms with Gasteiger partial charge in [-0.3, -0.25) is 24.6 Å². The van der Waals surface area contributed by atoms with Crippen LogP contribution in [0.2, 0.25) is 0 Å². The molecule has 0 saturated carbocycles. The van der Waals surface area contributed by atoms with Gasteiger partial charge in [0.05, 0.1) is 0 Å². The first kappa shape index (κ1) is 18.8. The fourth-order valence-electron chi connectivity index (χ4n) is 5.21. The summed E-state index contributed by atoms with van der Waals surface area (Å²) in [5, 5.41) is 5.74. The van der Waals surface area contributed by atoms with E-state index in [1.807, 2.05) is 12.1 Å². The Labute approximate surface area is 170 Å². The summed E-state index contributed by atoms with van der Waals surface area (Å²) in [5.41, 5.74) is 2.91. The van der Waals surface area contributed by atoms with Crippen molar-refractivity contribution in [3.63, 3.8) is 0 Å². The molecule has 0 bridgehead atoms.